The van der Waals surface area contributed by atoms with Gasteiger partial charge in [-0.05, 0) is 30.2 Å². The molecule has 0 amide bonds. The van der Waals surface area contributed by atoms with E-state index in [0.717, 1.165) is 11.8 Å². The smallest absolute Gasteiger partial charge is 0.285 e. The molecule has 0 atom stereocenters. The fourth-order valence-corrected chi connectivity index (χ4v) is 4.88. The maximum atomic E-state index is 11.6. The Kier molecular flexibility index (Phi) is 7.15. The Hall–Kier alpha value is -3.44. The van der Waals surface area contributed by atoms with E-state index in [1.807, 2.05) is 56.3 Å². The van der Waals surface area contributed by atoms with Gasteiger partial charge in [0.05, 0.1) is 38.9 Å². The van der Waals surface area contributed by atoms with Gasteiger partial charge in [-0.2, -0.15) is 8.42 Å². The van der Waals surface area contributed by atoms with Crippen LogP contribution in [0.2, 0.25) is 10.0 Å². The van der Waals surface area contributed by atoms with E-state index >= 15 is 0 Å². The number of aromatic nitrogens is 5. The molecule has 0 saturated carbocycles. The van der Waals surface area contributed by atoms with Gasteiger partial charge in [0.1, 0.15) is 11.3 Å². The predicted octanol–water partition coefficient (Wildman–Crippen LogP) is 6.42. The first-order valence-corrected chi connectivity index (χ1v) is 14.3. The molecule has 0 radical (unpaired) electrons. The van der Waals surface area contributed by atoms with E-state index in [1.165, 1.54) is 0 Å². The van der Waals surface area contributed by atoms with Crippen LogP contribution in [0.4, 0.5) is 5.95 Å². The second-order valence-electron chi connectivity index (χ2n) is 9.14. The number of H-pyrrole nitrogens is 1. The SMILES string of the molecule is CC(C)Cn1c(NOS(C)(=O)=O)nc2ccc(-c3[nH]c(-c4c(Cl)cccc4Cl)nc3-c3ccccc3)nc21. The lowest BCUT2D eigenvalue weighted by Gasteiger charge is -2.12. The van der Waals surface area contributed by atoms with Crippen molar-refractivity contribution in [1.82, 2.24) is 24.5 Å². The summed E-state index contributed by atoms with van der Waals surface area (Å²) in [5.74, 6) is 0.966. The molecule has 0 aliphatic heterocycles. The Balaban J connectivity index is 1.69. The summed E-state index contributed by atoms with van der Waals surface area (Å²) in [4.78, 5) is 17.7. The van der Waals surface area contributed by atoms with Crippen LogP contribution >= 0.6 is 23.2 Å². The van der Waals surface area contributed by atoms with Crippen LogP contribution < -0.4 is 5.48 Å². The first-order valence-electron chi connectivity index (χ1n) is 11.7. The van der Waals surface area contributed by atoms with E-state index in [-0.39, 0.29) is 11.9 Å². The number of rotatable bonds is 8. The highest BCUT2D eigenvalue weighted by molar-refractivity contribution is 7.86. The van der Waals surface area contributed by atoms with Crippen molar-refractivity contribution in [3.8, 4) is 34.0 Å². The molecular formula is C26H24Cl2N6O3S. The van der Waals surface area contributed by atoms with Gasteiger partial charge >= 0.3 is 0 Å². The van der Waals surface area contributed by atoms with Crippen molar-refractivity contribution < 1.29 is 12.7 Å². The molecule has 0 saturated heterocycles. The molecule has 0 unspecified atom stereocenters. The number of fused-ring (bicyclic) bond motifs is 1. The number of nitrogens with one attached hydrogen (secondary N) is 2. The predicted molar refractivity (Wildman–Crippen MR) is 150 cm³/mol. The number of hydrogen-bond acceptors (Lipinski definition) is 7. The Morgan fingerprint density at radius 3 is 2.34 bits per heavy atom. The van der Waals surface area contributed by atoms with Crippen molar-refractivity contribution in [2.24, 2.45) is 5.92 Å². The molecule has 2 aromatic carbocycles. The Morgan fingerprint density at radius 1 is 0.974 bits per heavy atom. The van der Waals surface area contributed by atoms with Crippen LogP contribution in [0, 0.1) is 5.92 Å². The molecule has 0 aliphatic carbocycles. The van der Waals surface area contributed by atoms with Crippen LogP contribution in [-0.2, 0) is 20.9 Å². The number of pyridine rings is 1. The molecule has 0 bridgehead atoms. The van der Waals surface area contributed by atoms with Gasteiger partial charge in [0.25, 0.3) is 10.1 Å². The van der Waals surface area contributed by atoms with Crippen LogP contribution in [0.1, 0.15) is 13.8 Å². The Labute approximate surface area is 229 Å². The maximum absolute atomic E-state index is 11.6. The molecule has 9 nitrogen and oxygen atoms in total. The molecule has 0 spiro atoms. The third kappa shape index (κ3) is 5.39. The fourth-order valence-electron chi connectivity index (χ4n) is 4.08. The van der Waals surface area contributed by atoms with Crippen molar-refractivity contribution in [3.05, 3.63) is 70.7 Å². The molecule has 5 rings (SSSR count). The van der Waals surface area contributed by atoms with Gasteiger partial charge in [-0.15, -0.1) is 4.28 Å². The zero-order valence-electron chi connectivity index (χ0n) is 20.7. The van der Waals surface area contributed by atoms with Crippen LogP contribution in [0.5, 0.6) is 0 Å². The molecule has 3 heterocycles. The quantitative estimate of drug-likeness (QED) is 0.207. The topological polar surface area (TPSA) is 115 Å². The van der Waals surface area contributed by atoms with Crippen molar-refractivity contribution in [1.29, 1.82) is 0 Å². The van der Waals surface area contributed by atoms with Crippen molar-refractivity contribution in [3.63, 3.8) is 0 Å². The molecule has 38 heavy (non-hydrogen) atoms. The van der Waals surface area contributed by atoms with Crippen LogP contribution in [0.15, 0.2) is 60.7 Å². The highest BCUT2D eigenvalue weighted by atomic mass is 35.5. The minimum atomic E-state index is -3.74. The van der Waals surface area contributed by atoms with Gasteiger partial charge in [-0.3, -0.25) is 4.57 Å². The lowest BCUT2D eigenvalue weighted by molar-refractivity contribution is 0.385. The molecule has 2 N–H and O–H groups in total. The third-order valence-electron chi connectivity index (χ3n) is 5.63. The Morgan fingerprint density at radius 2 is 1.68 bits per heavy atom. The highest BCUT2D eigenvalue weighted by Gasteiger charge is 2.21. The molecular weight excluding hydrogens is 547 g/mol. The number of anilines is 1. The average molecular weight is 571 g/mol. The third-order valence-corrected chi connectivity index (χ3v) is 6.65. The zero-order chi connectivity index (χ0) is 27.0. The number of nitrogens with zero attached hydrogens (tertiary/aromatic N) is 4. The monoisotopic (exact) mass is 570 g/mol. The summed E-state index contributed by atoms with van der Waals surface area (Å²) in [6.45, 7) is 4.61. The molecule has 5 aromatic rings. The average Bonchev–Trinajstić information content (AvgIpc) is 3.44. The number of aromatic amines is 1. The molecule has 3 aromatic heterocycles. The molecule has 0 fully saturated rings. The largest absolute Gasteiger partial charge is 0.336 e. The van der Waals surface area contributed by atoms with Crippen LogP contribution in [-0.4, -0.2) is 39.2 Å². The highest BCUT2D eigenvalue weighted by Crippen LogP contribution is 2.38. The second-order valence-corrected chi connectivity index (χ2v) is 11.5. The van der Waals surface area contributed by atoms with Crippen molar-refractivity contribution in [2.45, 2.75) is 20.4 Å². The summed E-state index contributed by atoms with van der Waals surface area (Å²) in [5.41, 5.74) is 7.02. The molecule has 196 valence electrons. The van der Waals surface area contributed by atoms with Gasteiger partial charge in [0, 0.05) is 12.1 Å². The van der Waals surface area contributed by atoms with Gasteiger partial charge in [0.15, 0.2) is 5.65 Å². The lowest BCUT2D eigenvalue weighted by atomic mass is 10.1. The second kappa shape index (κ2) is 10.4. The van der Waals surface area contributed by atoms with Gasteiger partial charge < -0.3 is 4.98 Å². The Bertz CT molecular complexity index is 1710. The van der Waals surface area contributed by atoms with E-state index in [4.69, 9.17) is 37.5 Å². The van der Waals surface area contributed by atoms with Crippen LogP contribution in [0.25, 0.3) is 45.2 Å². The number of imidazole rings is 2. The summed E-state index contributed by atoms with van der Waals surface area (Å²) in [5, 5.41) is 0.940. The van der Waals surface area contributed by atoms with Gasteiger partial charge in [-0.1, -0.05) is 73.4 Å². The van der Waals surface area contributed by atoms with Gasteiger partial charge in [-0.25, -0.2) is 20.4 Å². The lowest BCUT2D eigenvalue weighted by Crippen LogP contribution is -2.15. The minimum absolute atomic E-state index is 0.220. The van der Waals surface area contributed by atoms with E-state index in [1.54, 1.807) is 22.8 Å². The normalized spacial score (nSPS) is 11.9. The van der Waals surface area contributed by atoms with Crippen molar-refractivity contribution in [2.75, 3.05) is 11.7 Å². The summed E-state index contributed by atoms with van der Waals surface area (Å²) in [6.07, 6.45) is 0.956. The van der Waals surface area contributed by atoms with E-state index in [2.05, 4.69) is 15.4 Å². The molecule has 0 aliphatic rings. The summed E-state index contributed by atoms with van der Waals surface area (Å²) >= 11 is 13.0. The standard InChI is InChI=1S/C26H24Cl2N6O3S/c1-15(2)14-34-25-20(30-26(34)33-37-38(3,35)36)13-12-19(29-25)23-22(16-8-5-4-6-9-16)31-24(32-23)21-17(27)10-7-11-18(21)28/h4-13,15H,14H2,1-3H3,(H,30,33)(H,31,32). The van der Waals surface area contributed by atoms with Gasteiger partial charge in [0.2, 0.25) is 5.95 Å². The first kappa shape index (κ1) is 26.2. The van der Waals surface area contributed by atoms with Crippen LogP contribution in [0.3, 0.4) is 0 Å². The van der Waals surface area contributed by atoms with E-state index in [9.17, 15) is 8.42 Å². The minimum Gasteiger partial charge on any atom is -0.336 e. The maximum Gasteiger partial charge on any atom is 0.285 e. The summed E-state index contributed by atoms with van der Waals surface area (Å²) in [6, 6.07) is 18.7. The zero-order valence-corrected chi connectivity index (χ0v) is 23.1. The first-order chi connectivity index (χ1) is 18.1. The van der Waals surface area contributed by atoms with E-state index < -0.39 is 10.1 Å². The number of hydrogen-bond donors (Lipinski definition) is 2. The summed E-state index contributed by atoms with van der Waals surface area (Å²) in [7, 11) is -3.74. The van der Waals surface area contributed by atoms with Crippen molar-refractivity contribution >= 4 is 50.4 Å². The van der Waals surface area contributed by atoms with E-state index in [0.29, 0.717) is 56.2 Å². The fraction of sp³-hybridized carbons (Fsp3) is 0.192. The summed E-state index contributed by atoms with van der Waals surface area (Å²) < 4.78 is 29.7. The number of halogens is 2. The molecule has 12 heteroatoms. The number of benzene rings is 2.